The molecule has 0 atom stereocenters. The Morgan fingerprint density at radius 3 is 2.62 bits per heavy atom. The van der Waals surface area contributed by atoms with Gasteiger partial charge in [-0.15, -0.1) is 0 Å². The van der Waals surface area contributed by atoms with E-state index in [1.807, 2.05) is 0 Å². The van der Waals surface area contributed by atoms with Gasteiger partial charge in [-0.05, 0) is 12.1 Å². The first-order valence-corrected chi connectivity index (χ1v) is 3.76. The van der Waals surface area contributed by atoms with E-state index in [1.165, 1.54) is 19.2 Å². The second-order valence-corrected chi connectivity index (χ2v) is 2.87. The summed E-state index contributed by atoms with van der Waals surface area (Å²) in [6, 6.07) is 2.31. The van der Waals surface area contributed by atoms with Gasteiger partial charge in [0.25, 0.3) is 5.92 Å². The van der Waals surface area contributed by atoms with Gasteiger partial charge in [0.1, 0.15) is 5.69 Å². The highest BCUT2D eigenvalue weighted by atomic mass is 19.3. The molecule has 0 saturated carbocycles. The second kappa shape index (κ2) is 3.20. The van der Waals surface area contributed by atoms with Gasteiger partial charge in [0.15, 0.2) is 5.78 Å². The molecule has 1 heterocycles. The number of hydrogen-bond acceptors (Lipinski definition) is 2. The van der Waals surface area contributed by atoms with Crippen LogP contribution in [-0.2, 0) is 5.92 Å². The average Bonchev–Trinajstić information content (AvgIpc) is 2.03. The molecule has 0 aliphatic rings. The lowest BCUT2D eigenvalue weighted by Crippen LogP contribution is -2.09. The van der Waals surface area contributed by atoms with E-state index < -0.39 is 5.92 Å². The Hall–Kier alpha value is -1.32. The SMILES string of the molecule is CC(=O)c1cc(C(C)(F)F)ccn1. The maximum absolute atomic E-state index is 12.8. The Morgan fingerprint density at radius 2 is 2.15 bits per heavy atom. The molecule has 70 valence electrons. The standard InChI is InChI=1S/C9H9F2NO/c1-6(13)8-5-7(3-4-12-8)9(2,10)11/h3-5H,1-2H3. The van der Waals surface area contributed by atoms with Gasteiger partial charge in [-0.2, -0.15) is 0 Å². The van der Waals surface area contributed by atoms with Crippen LogP contribution >= 0.6 is 0 Å². The summed E-state index contributed by atoms with van der Waals surface area (Å²) < 4.78 is 25.5. The zero-order valence-corrected chi connectivity index (χ0v) is 7.34. The summed E-state index contributed by atoms with van der Waals surface area (Å²) >= 11 is 0. The molecule has 13 heavy (non-hydrogen) atoms. The lowest BCUT2D eigenvalue weighted by Gasteiger charge is -2.10. The third-order valence-electron chi connectivity index (χ3n) is 1.63. The van der Waals surface area contributed by atoms with E-state index in [-0.39, 0.29) is 17.0 Å². The number of aromatic nitrogens is 1. The molecule has 0 bridgehead atoms. The van der Waals surface area contributed by atoms with Crippen molar-refractivity contribution in [2.24, 2.45) is 0 Å². The van der Waals surface area contributed by atoms with E-state index in [4.69, 9.17) is 0 Å². The smallest absolute Gasteiger partial charge is 0.270 e. The monoisotopic (exact) mass is 185 g/mol. The van der Waals surface area contributed by atoms with Gasteiger partial charge >= 0.3 is 0 Å². The highest BCUT2D eigenvalue weighted by Gasteiger charge is 2.24. The van der Waals surface area contributed by atoms with Crippen molar-refractivity contribution in [3.63, 3.8) is 0 Å². The maximum Gasteiger partial charge on any atom is 0.270 e. The first kappa shape index (κ1) is 9.77. The molecule has 0 fully saturated rings. The van der Waals surface area contributed by atoms with Crippen molar-refractivity contribution < 1.29 is 13.6 Å². The number of carbonyl (C=O) groups excluding carboxylic acids is 1. The molecular weight excluding hydrogens is 176 g/mol. The Kier molecular flexibility index (Phi) is 2.40. The van der Waals surface area contributed by atoms with Gasteiger partial charge in [-0.25, -0.2) is 8.78 Å². The number of nitrogens with zero attached hydrogens (tertiary/aromatic N) is 1. The summed E-state index contributed by atoms with van der Waals surface area (Å²) in [6.45, 7) is 2.08. The number of pyridine rings is 1. The van der Waals surface area contributed by atoms with E-state index in [9.17, 15) is 13.6 Å². The van der Waals surface area contributed by atoms with Gasteiger partial charge in [-0.1, -0.05) is 0 Å². The lowest BCUT2D eigenvalue weighted by molar-refractivity contribution is 0.0173. The predicted molar refractivity (Wildman–Crippen MR) is 43.8 cm³/mol. The highest BCUT2D eigenvalue weighted by molar-refractivity contribution is 5.92. The number of Topliss-reactive ketones (excluding diaryl/α,β-unsaturated/α-hetero) is 1. The van der Waals surface area contributed by atoms with Crippen molar-refractivity contribution >= 4 is 5.78 Å². The van der Waals surface area contributed by atoms with Gasteiger partial charge in [0, 0.05) is 25.6 Å². The van der Waals surface area contributed by atoms with Crippen LogP contribution in [0.25, 0.3) is 0 Å². The van der Waals surface area contributed by atoms with Crippen molar-refractivity contribution in [2.45, 2.75) is 19.8 Å². The summed E-state index contributed by atoms with van der Waals surface area (Å²) in [6.07, 6.45) is 1.21. The Bertz CT molecular complexity index is 331. The van der Waals surface area contributed by atoms with Gasteiger partial charge in [0.05, 0.1) is 0 Å². The minimum atomic E-state index is -2.92. The molecule has 1 aromatic heterocycles. The van der Waals surface area contributed by atoms with Crippen LogP contribution in [0.5, 0.6) is 0 Å². The van der Waals surface area contributed by atoms with Crippen molar-refractivity contribution in [3.8, 4) is 0 Å². The Balaban J connectivity index is 3.13. The molecule has 0 spiro atoms. The van der Waals surface area contributed by atoms with Crippen LogP contribution in [0.1, 0.15) is 29.9 Å². The van der Waals surface area contributed by atoms with Crippen LogP contribution in [-0.4, -0.2) is 10.8 Å². The van der Waals surface area contributed by atoms with Crippen LogP contribution in [0.3, 0.4) is 0 Å². The summed E-state index contributed by atoms with van der Waals surface area (Å²) in [7, 11) is 0. The largest absolute Gasteiger partial charge is 0.293 e. The molecular formula is C9H9F2NO. The van der Waals surface area contributed by atoms with Gasteiger partial charge in [-0.3, -0.25) is 9.78 Å². The number of ketones is 1. The van der Waals surface area contributed by atoms with Crippen molar-refractivity contribution in [3.05, 3.63) is 29.6 Å². The summed E-state index contributed by atoms with van der Waals surface area (Å²) in [4.78, 5) is 14.5. The number of halogens is 2. The van der Waals surface area contributed by atoms with Crippen molar-refractivity contribution in [1.29, 1.82) is 0 Å². The molecule has 4 heteroatoms. The van der Waals surface area contributed by atoms with Crippen LogP contribution in [0.2, 0.25) is 0 Å². The minimum absolute atomic E-state index is 0.0685. The lowest BCUT2D eigenvalue weighted by atomic mass is 10.1. The first-order chi connectivity index (χ1) is 5.91. The zero-order valence-electron chi connectivity index (χ0n) is 7.34. The maximum atomic E-state index is 12.8. The molecule has 0 aliphatic heterocycles. The number of carbonyl (C=O) groups is 1. The summed E-state index contributed by atoms with van der Waals surface area (Å²) in [5.74, 6) is -3.24. The van der Waals surface area contributed by atoms with Crippen LogP contribution in [0.4, 0.5) is 8.78 Å². The topological polar surface area (TPSA) is 30.0 Å². The molecule has 1 aromatic rings. The number of hydrogen-bond donors (Lipinski definition) is 0. The molecule has 0 aliphatic carbocycles. The molecule has 0 aromatic carbocycles. The molecule has 0 saturated heterocycles. The minimum Gasteiger partial charge on any atom is -0.293 e. The van der Waals surface area contributed by atoms with Crippen LogP contribution in [0.15, 0.2) is 18.3 Å². The van der Waals surface area contributed by atoms with E-state index in [1.54, 1.807) is 0 Å². The fraction of sp³-hybridized carbons (Fsp3) is 0.333. The highest BCUT2D eigenvalue weighted by Crippen LogP contribution is 2.26. The Morgan fingerprint density at radius 1 is 1.54 bits per heavy atom. The van der Waals surface area contributed by atoms with E-state index >= 15 is 0 Å². The molecule has 0 amide bonds. The summed E-state index contributed by atoms with van der Waals surface area (Å²) in [5, 5.41) is 0. The van der Waals surface area contributed by atoms with E-state index in [2.05, 4.69) is 4.98 Å². The number of alkyl halides is 2. The van der Waals surface area contributed by atoms with Crippen LogP contribution < -0.4 is 0 Å². The third kappa shape index (κ3) is 2.31. The quantitative estimate of drug-likeness (QED) is 0.662. The normalized spacial score (nSPS) is 11.4. The van der Waals surface area contributed by atoms with Crippen LogP contribution in [0, 0.1) is 0 Å². The summed E-state index contributed by atoms with van der Waals surface area (Å²) in [5.41, 5.74) is -0.119. The Labute approximate surface area is 74.6 Å². The predicted octanol–water partition coefficient (Wildman–Crippen LogP) is 2.40. The first-order valence-electron chi connectivity index (χ1n) is 3.76. The van der Waals surface area contributed by atoms with E-state index in [0.717, 1.165) is 13.0 Å². The number of rotatable bonds is 2. The third-order valence-corrected chi connectivity index (χ3v) is 1.63. The average molecular weight is 185 g/mol. The molecule has 0 radical (unpaired) electrons. The van der Waals surface area contributed by atoms with Gasteiger partial charge in [0.2, 0.25) is 0 Å². The molecule has 2 nitrogen and oxygen atoms in total. The zero-order chi connectivity index (χ0) is 10.1. The van der Waals surface area contributed by atoms with Crippen molar-refractivity contribution in [1.82, 2.24) is 4.98 Å². The molecule has 0 N–H and O–H groups in total. The molecule has 0 unspecified atom stereocenters. The van der Waals surface area contributed by atoms with Crippen molar-refractivity contribution in [2.75, 3.05) is 0 Å². The molecule has 1 rings (SSSR count). The second-order valence-electron chi connectivity index (χ2n) is 2.87. The fourth-order valence-electron chi connectivity index (χ4n) is 0.896. The fourth-order valence-corrected chi connectivity index (χ4v) is 0.896. The van der Waals surface area contributed by atoms with Gasteiger partial charge < -0.3 is 0 Å². The van der Waals surface area contributed by atoms with E-state index in [0.29, 0.717) is 0 Å².